The smallest absolute Gasteiger partial charge is 0.258 e. The van der Waals surface area contributed by atoms with Crippen molar-refractivity contribution in [3.8, 4) is 6.07 Å². The van der Waals surface area contributed by atoms with Gasteiger partial charge in [-0.1, -0.05) is 49.7 Å². The number of anilines is 2. The summed E-state index contributed by atoms with van der Waals surface area (Å²) < 4.78 is 3.48. The Morgan fingerprint density at radius 1 is 1.12 bits per heavy atom. The Morgan fingerprint density at radius 3 is 2.66 bits per heavy atom. The summed E-state index contributed by atoms with van der Waals surface area (Å²) in [7, 11) is 1.74. The first-order chi connectivity index (χ1) is 19.6. The van der Waals surface area contributed by atoms with Gasteiger partial charge >= 0.3 is 0 Å². The van der Waals surface area contributed by atoms with E-state index in [1.807, 2.05) is 41.2 Å². The maximum Gasteiger partial charge on any atom is 0.258 e. The van der Waals surface area contributed by atoms with Crippen molar-refractivity contribution in [2.75, 3.05) is 17.2 Å². The average Bonchev–Trinajstić information content (AvgIpc) is 3.68. The Morgan fingerprint density at radius 2 is 1.93 bits per heavy atom. The van der Waals surface area contributed by atoms with E-state index in [1.165, 1.54) is 0 Å². The molecule has 0 radical (unpaired) electrons. The number of fused-ring (bicyclic) bond motifs is 2. The molecule has 3 aromatic heterocycles. The molecule has 0 unspecified atom stereocenters. The predicted molar refractivity (Wildman–Crippen MR) is 160 cm³/mol. The van der Waals surface area contributed by atoms with Gasteiger partial charge in [0.2, 0.25) is 0 Å². The molecular weight excluding hydrogens is 538 g/mol. The predicted octanol–water partition coefficient (Wildman–Crippen LogP) is 5.59. The lowest BCUT2D eigenvalue weighted by atomic mass is 9.96. The fourth-order valence-corrected chi connectivity index (χ4v) is 5.19. The van der Waals surface area contributed by atoms with E-state index in [-0.39, 0.29) is 16.7 Å². The minimum absolute atomic E-state index is 0.0358. The number of aryl methyl sites for hydroxylation is 1. The molecule has 10 nitrogen and oxygen atoms in total. The number of hydrogen-bond acceptors (Lipinski definition) is 8. The van der Waals surface area contributed by atoms with Gasteiger partial charge in [-0.25, -0.2) is 4.68 Å². The van der Waals surface area contributed by atoms with E-state index < -0.39 is 6.04 Å². The summed E-state index contributed by atoms with van der Waals surface area (Å²) in [5.74, 6) is 0. The van der Waals surface area contributed by atoms with Crippen LogP contribution in [0.1, 0.15) is 62.6 Å². The number of aromatic nitrogens is 6. The second-order valence-electron chi connectivity index (χ2n) is 11.8. The van der Waals surface area contributed by atoms with Gasteiger partial charge in [-0.2, -0.15) is 5.26 Å². The zero-order valence-corrected chi connectivity index (χ0v) is 24.1. The van der Waals surface area contributed by atoms with E-state index in [2.05, 4.69) is 58.0 Å². The van der Waals surface area contributed by atoms with Crippen LogP contribution in [0, 0.1) is 16.7 Å². The van der Waals surface area contributed by atoms with Crippen molar-refractivity contribution in [2.24, 2.45) is 12.5 Å². The lowest BCUT2D eigenvalue weighted by molar-refractivity contribution is 0.443. The van der Waals surface area contributed by atoms with Crippen LogP contribution in [-0.2, 0) is 7.05 Å². The average molecular weight is 568 g/mol. The third kappa shape index (κ3) is 5.21. The van der Waals surface area contributed by atoms with Crippen LogP contribution in [0.4, 0.5) is 11.4 Å². The van der Waals surface area contributed by atoms with Gasteiger partial charge in [0.25, 0.3) is 5.56 Å². The Balaban J connectivity index is 1.50. The van der Waals surface area contributed by atoms with Crippen LogP contribution < -0.4 is 16.2 Å². The number of hydrogen-bond donors (Lipinski definition) is 2. The van der Waals surface area contributed by atoms with Crippen molar-refractivity contribution in [2.45, 2.75) is 45.7 Å². The number of nitriles is 1. The van der Waals surface area contributed by atoms with Gasteiger partial charge in [0.1, 0.15) is 17.3 Å². The van der Waals surface area contributed by atoms with Crippen LogP contribution in [0.3, 0.4) is 0 Å². The first-order valence-corrected chi connectivity index (χ1v) is 13.9. The van der Waals surface area contributed by atoms with E-state index in [1.54, 1.807) is 23.9 Å². The molecule has 1 aliphatic rings. The van der Waals surface area contributed by atoms with Crippen LogP contribution in [0.2, 0.25) is 5.02 Å². The third-order valence-electron chi connectivity index (χ3n) is 7.24. The summed E-state index contributed by atoms with van der Waals surface area (Å²) in [5, 5.41) is 36.6. The fourth-order valence-electron chi connectivity index (χ4n) is 4.93. The highest BCUT2D eigenvalue weighted by atomic mass is 35.5. The molecule has 2 N–H and O–H groups in total. The Labute approximate surface area is 242 Å². The van der Waals surface area contributed by atoms with Crippen molar-refractivity contribution in [3.63, 3.8) is 0 Å². The molecule has 208 valence electrons. The summed E-state index contributed by atoms with van der Waals surface area (Å²) in [4.78, 5) is 13.0. The molecule has 1 aliphatic carbocycles. The van der Waals surface area contributed by atoms with Gasteiger partial charge in [0.05, 0.1) is 29.0 Å². The number of nitrogens with zero attached hydrogens (tertiary/aromatic N) is 7. The number of benzene rings is 2. The topological polar surface area (TPSA) is 126 Å². The number of halogens is 1. The van der Waals surface area contributed by atoms with Crippen LogP contribution in [0.15, 0.2) is 53.6 Å². The second kappa shape index (κ2) is 10.2. The summed E-state index contributed by atoms with van der Waals surface area (Å²) >= 11 is 6.75. The van der Waals surface area contributed by atoms with Crippen molar-refractivity contribution in [1.29, 1.82) is 5.26 Å². The normalized spacial score (nSPS) is 14.2. The second-order valence-corrected chi connectivity index (χ2v) is 12.2. The largest absolute Gasteiger partial charge is 0.382 e. The maximum absolute atomic E-state index is 13.0. The molecule has 6 rings (SSSR count). The minimum Gasteiger partial charge on any atom is -0.382 e. The lowest BCUT2D eigenvalue weighted by Gasteiger charge is -2.22. The summed E-state index contributed by atoms with van der Waals surface area (Å²) in [6, 6.07) is 13.5. The van der Waals surface area contributed by atoms with E-state index in [0.717, 1.165) is 29.5 Å². The number of nitrogens with one attached hydrogen (secondary N) is 2. The van der Waals surface area contributed by atoms with Crippen molar-refractivity contribution >= 4 is 44.7 Å². The van der Waals surface area contributed by atoms with Crippen molar-refractivity contribution < 1.29 is 0 Å². The van der Waals surface area contributed by atoms with Gasteiger partial charge in [0, 0.05) is 36.2 Å². The molecular formula is C30H30ClN9O. The van der Waals surface area contributed by atoms with E-state index in [4.69, 9.17) is 11.6 Å². The Hall–Kier alpha value is -4.49. The first-order valence-electron chi connectivity index (χ1n) is 13.5. The molecule has 0 spiro atoms. The minimum atomic E-state index is -0.442. The highest BCUT2D eigenvalue weighted by Crippen LogP contribution is 2.38. The molecule has 0 bridgehead atoms. The lowest BCUT2D eigenvalue weighted by Crippen LogP contribution is -2.20. The van der Waals surface area contributed by atoms with Crippen LogP contribution in [0.25, 0.3) is 21.7 Å². The van der Waals surface area contributed by atoms with Gasteiger partial charge < -0.3 is 15.2 Å². The quantitative estimate of drug-likeness (QED) is 0.260. The molecule has 41 heavy (non-hydrogen) atoms. The fraction of sp³-hybridized carbons (Fsp3) is 0.333. The van der Waals surface area contributed by atoms with Crippen molar-refractivity contribution in [3.05, 3.63) is 81.1 Å². The SMILES string of the molecule is Cn1ccc2c([C@H](Nc3cc(Cl)c4nnc(C#N)c(NCC(C)(C)C)c4c3)c3cn(C4CC4)nn3)cccc2c1=O. The summed E-state index contributed by atoms with van der Waals surface area (Å²) in [6.07, 6.45) is 5.90. The summed E-state index contributed by atoms with van der Waals surface area (Å²) in [5.41, 5.74) is 3.48. The molecule has 0 amide bonds. The number of pyridine rings is 1. The van der Waals surface area contributed by atoms with Gasteiger partial charge in [0.15, 0.2) is 5.69 Å². The van der Waals surface area contributed by atoms with E-state index >= 15 is 0 Å². The molecule has 11 heteroatoms. The first kappa shape index (κ1) is 26.7. The van der Waals surface area contributed by atoms with E-state index in [9.17, 15) is 10.1 Å². The Kier molecular flexibility index (Phi) is 6.62. The van der Waals surface area contributed by atoms with E-state index in [0.29, 0.717) is 45.3 Å². The molecule has 3 heterocycles. The molecule has 1 atom stereocenters. The van der Waals surface area contributed by atoms with Crippen LogP contribution >= 0.6 is 11.6 Å². The molecule has 0 aliphatic heterocycles. The van der Waals surface area contributed by atoms with Crippen molar-refractivity contribution in [1.82, 2.24) is 29.8 Å². The highest BCUT2D eigenvalue weighted by Gasteiger charge is 2.28. The van der Waals surface area contributed by atoms with Gasteiger partial charge in [-0.3, -0.25) is 4.79 Å². The third-order valence-corrected chi connectivity index (χ3v) is 7.53. The summed E-state index contributed by atoms with van der Waals surface area (Å²) in [6.45, 7) is 6.95. The van der Waals surface area contributed by atoms with Gasteiger partial charge in [-0.15, -0.1) is 15.3 Å². The van der Waals surface area contributed by atoms with Gasteiger partial charge in [-0.05, 0) is 53.5 Å². The molecule has 1 saturated carbocycles. The number of rotatable bonds is 7. The highest BCUT2D eigenvalue weighted by molar-refractivity contribution is 6.35. The zero-order valence-electron chi connectivity index (χ0n) is 23.3. The monoisotopic (exact) mass is 567 g/mol. The Bertz CT molecular complexity index is 1890. The standard InChI is InChI=1S/C30H30ClN9O/c1-30(2,3)16-33-27-22-12-17(13-23(31)26(22)37-35-24(27)14-32)34-28(25-15-40(38-36-25)18-8-9-18)20-6-5-7-21-19(20)10-11-39(4)29(21)41/h5-7,10-13,15,18,28,34H,8-9,16H2,1-4H3,(H,33,37)/t28-/m0/s1. The molecule has 5 aromatic rings. The van der Waals surface area contributed by atoms with Crippen LogP contribution in [-0.4, -0.2) is 36.3 Å². The molecule has 1 fully saturated rings. The molecule has 0 saturated heterocycles. The maximum atomic E-state index is 13.0. The zero-order chi connectivity index (χ0) is 28.9. The molecule has 2 aromatic carbocycles. The van der Waals surface area contributed by atoms with Crippen LogP contribution in [0.5, 0.6) is 0 Å².